The van der Waals surface area contributed by atoms with Crippen molar-refractivity contribution in [1.29, 1.82) is 0 Å². The van der Waals surface area contributed by atoms with E-state index in [1.54, 1.807) is 18.3 Å². The summed E-state index contributed by atoms with van der Waals surface area (Å²) < 4.78 is 69.8. The fraction of sp³-hybridized carbons (Fsp3) is 0.154. The first-order valence-electron chi connectivity index (χ1n) is 6.07. The zero-order chi connectivity index (χ0) is 16.2. The summed E-state index contributed by atoms with van der Waals surface area (Å²) >= 11 is 0. The molecule has 118 valence electrons. The first-order chi connectivity index (χ1) is 10.4. The molecule has 0 saturated carbocycles. The highest BCUT2D eigenvalue weighted by Gasteiger charge is 2.19. The first kappa shape index (κ1) is 16.2. The standard InChI is InChI=1S/C13H11F3N2O3S/c14-11-6-10(7-12(15)13(11)16)22(19,20)18-4-5-21-9-2-1-3-17-8-9/h1-3,6-8,18H,4-5H2. The molecule has 1 aromatic carbocycles. The van der Waals surface area contributed by atoms with Crippen molar-refractivity contribution in [3.8, 4) is 5.75 Å². The van der Waals surface area contributed by atoms with E-state index >= 15 is 0 Å². The molecule has 0 unspecified atom stereocenters. The Labute approximate surface area is 124 Å². The molecule has 0 saturated heterocycles. The van der Waals surface area contributed by atoms with E-state index in [0.717, 1.165) is 0 Å². The molecule has 0 radical (unpaired) electrons. The van der Waals surface area contributed by atoms with Crippen LogP contribution in [0, 0.1) is 17.5 Å². The van der Waals surface area contributed by atoms with Gasteiger partial charge in [0.2, 0.25) is 10.0 Å². The topological polar surface area (TPSA) is 68.3 Å². The zero-order valence-electron chi connectivity index (χ0n) is 11.1. The molecular formula is C13H11F3N2O3S. The van der Waals surface area contributed by atoms with Gasteiger partial charge in [-0.3, -0.25) is 4.98 Å². The molecule has 0 aliphatic heterocycles. The van der Waals surface area contributed by atoms with Crippen molar-refractivity contribution in [3.63, 3.8) is 0 Å². The summed E-state index contributed by atoms with van der Waals surface area (Å²) in [5.41, 5.74) is 0. The van der Waals surface area contributed by atoms with Gasteiger partial charge in [-0.25, -0.2) is 26.3 Å². The molecular weight excluding hydrogens is 321 g/mol. The van der Waals surface area contributed by atoms with Gasteiger partial charge in [-0.15, -0.1) is 0 Å². The summed E-state index contributed by atoms with van der Waals surface area (Å²) in [6, 6.07) is 4.08. The van der Waals surface area contributed by atoms with Gasteiger partial charge in [-0.1, -0.05) is 0 Å². The molecule has 1 heterocycles. The molecule has 0 aliphatic carbocycles. The van der Waals surface area contributed by atoms with Gasteiger partial charge in [0.05, 0.1) is 11.1 Å². The number of sulfonamides is 1. The highest BCUT2D eigenvalue weighted by molar-refractivity contribution is 7.89. The fourth-order valence-electron chi connectivity index (χ4n) is 1.55. The highest BCUT2D eigenvalue weighted by Crippen LogP contribution is 2.17. The Hall–Kier alpha value is -2.13. The smallest absolute Gasteiger partial charge is 0.240 e. The molecule has 0 aliphatic rings. The van der Waals surface area contributed by atoms with Crippen LogP contribution < -0.4 is 9.46 Å². The minimum absolute atomic E-state index is 0.0168. The third-order valence-corrected chi connectivity index (χ3v) is 4.01. The second kappa shape index (κ2) is 6.75. The predicted octanol–water partition coefficient (Wildman–Crippen LogP) is 1.86. The minimum Gasteiger partial charge on any atom is -0.491 e. The molecule has 2 aromatic rings. The summed E-state index contributed by atoms with van der Waals surface area (Å²) in [4.78, 5) is 3.10. The van der Waals surface area contributed by atoms with Gasteiger partial charge in [-0.2, -0.15) is 0 Å². The van der Waals surface area contributed by atoms with Gasteiger partial charge >= 0.3 is 0 Å². The van der Waals surface area contributed by atoms with E-state index in [0.29, 0.717) is 17.9 Å². The Morgan fingerprint density at radius 3 is 2.45 bits per heavy atom. The lowest BCUT2D eigenvalue weighted by Gasteiger charge is -2.09. The van der Waals surface area contributed by atoms with E-state index < -0.39 is 32.4 Å². The molecule has 0 atom stereocenters. The molecule has 1 aromatic heterocycles. The third-order valence-electron chi connectivity index (χ3n) is 2.56. The normalized spacial score (nSPS) is 11.4. The Morgan fingerprint density at radius 1 is 1.18 bits per heavy atom. The Balaban J connectivity index is 1.97. The number of pyridine rings is 1. The average molecular weight is 332 g/mol. The fourth-order valence-corrected chi connectivity index (χ4v) is 2.58. The second-order valence-electron chi connectivity index (χ2n) is 4.14. The molecule has 5 nitrogen and oxygen atoms in total. The van der Waals surface area contributed by atoms with E-state index in [1.807, 2.05) is 0 Å². The molecule has 0 bridgehead atoms. The summed E-state index contributed by atoms with van der Waals surface area (Å²) in [5.74, 6) is -4.43. The van der Waals surface area contributed by atoms with Gasteiger partial charge in [0, 0.05) is 12.7 Å². The molecule has 0 amide bonds. The van der Waals surface area contributed by atoms with E-state index in [2.05, 4.69) is 9.71 Å². The van der Waals surface area contributed by atoms with Crippen molar-refractivity contribution < 1.29 is 26.3 Å². The Morgan fingerprint density at radius 2 is 1.86 bits per heavy atom. The van der Waals surface area contributed by atoms with Crippen molar-refractivity contribution in [2.75, 3.05) is 13.2 Å². The maximum atomic E-state index is 13.0. The van der Waals surface area contributed by atoms with Crippen LogP contribution >= 0.6 is 0 Å². The largest absolute Gasteiger partial charge is 0.491 e. The van der Waals surface area contributed by atoms with Crippen molar-refractivity contribution >= 4 is 10.0 Å². The lowest BCUT2D eigenvalue weighted by molar-refractivity contribution is 0.321. The Bertz CT molecular complexity index is 731. The van der Waals surface area contributed by atoms with Crippen LogP contribution in [0.5, 0.6) is 5.75 Å². The van der Waals surface area contributed by atoms with Gasteiger partial charge < -0.3 is 4.74 Å². The van der Waals surface area contributed by atoms with Gasteiger partial charge in [0.25, 0.3) is 0 Å². The lowest BCUT2D eigenvalue weighted by Crippen LogP contribution is -2.28. The molecule has 1 N–H and O–H groups in total. The van der Waals surface area contributed by atoms with Gasteiger partial charge in [-0.05, 0) is 24.3 Å². The lowest BCUT2D eigenvalue weighted by atomic mass is 10.3. The summed E-state index contributed by atoms with van der Waals surface area (Å²) in [5, 5.41) is 0. The molecule has 0 fully saturated rings. The maximum absolute atomic E-state index is 13.0. The van der Waals surface area contributed by atoms with E-state index in [-0.39, 0.29) is 13.2 Å². The van der Waals surface area contributed by atoms with Crippen LogP contribution in [0.15, 0.2) is 41.6 Å². The number of nitrogens with zero attached hydrogens (tertiary/aromatic N) is 1. The maximum Gasteiger partial charge on any atom is 0.240 e. The van der Waals surface area contributed by atoms with Crippen LogP contribution in [0.25, 0.3) is 0 Å². The molecule has 0 spiro atoms. The van der Waals surface area contributed by atoms with Gasteiger partial charge in [0.15, 0.2) is 17.5 Å². The summed E-state index contributed by atoms with van der Waals surface area (Å²) in [7, 11) is -4.17. The number of aromatic nitrogens is 1. The number of hydrogen-bond donors (Lipinski definition) is 1. The number of benzene rings is 1. The number of nitrogens with one attached hydrogen (secondary N) is 1. The average Bonchev–Trinajstić information content (AvgIpc) is 2.50. The Kier molecular flexibility index (Phi) is 4.99. The second-order valence-corrected chi connectivity index (χ2v) is 5.90. The van der Waals surface area contributed by atoms with Crippen LogP contribution in [0.1, 0.15) is 0 Å². The quantitative estimate of drug-likeness (QED) is 0.648. The molecule has 2 rings (SSSR count). The van der Waals surface area contributed by atoms with E-state index in [9.17, 15) is 21.6 Å². The van der Waals surface area contributed by atoms with Crippen LogP contribution in [0.2, 0.25) is 0 Å². The minimum atomic E-state index is -4.17. The predicted molar refractivity (Wildman–Crippen MR) is 71.2 cm³/mol. The molecule has 22 heavy (non-hydrogen) atoms. The monoisotopic (exact) mass is 332 g/mol. The van der Waals surface area contributed by atoms with E-state index in [1.165, 1.54) is 6.20 Å². The first-order valence-corrected chi connectivity index (χ1v) is 7.55. The number of halogens is 3. The van der Waals surface area contributed by atoms with Crippen LogP contribution in [0.3, 0.4) is 0 Å². The van der Waals surface area contributed by atoms with Crippen LogP contribution in [-0.2, 0) is 10.0 Å². The van der Waals surface area contributed by atoms with Crippen molar-refractivity contribution in [3.05, 3.63) is 54.1 Å². The van der Waals surface area contributed by atoms with Gasteiger partial charge in [0.1, 0.15) is 12.4 Å². The number of rotatable bonds is 6. The summed E-state index contributed by atoms with van der Waals surface area (Å²) in [6.45, 7) is -0.158. The van der Waals surface area contributed by atoms with Crippen LogP contribution in [0.4, 0.5) is 13.2 Å². The number of ether oxygens (including phenoxy) is 1. The van der Waals surface area contributed by atoms with Crippen LogP contribution in [-0.4, -0.2) is 26.6 Å². The SMILES string of the molecule is O=S(=O)(NCCOc1cccnc1)c1cc(F)c(F)c(F)c1. The van der Waals surface area contributed by atoms with Crippen molar-refractivity contribution in [2.24, 2.45) is 0 Å². The number of hydrogen-bond acceptors (Lipinski definition) is 4. The highest BCUT2D eigenvalue weighted by atomic mass is 32.2. The zero-order valence-corrected chi connectivity index (χ0v) is 11.9. The van der Waals surface area contributed by atoms with Crippen molar-refractivity contribution in [1.82, 2.24) is 9.71 Å². The van der Waals surface area contributed by atoms with E-state index in [4.69, 9.17) is 4.74 Å². The van der Waals surface area contributed by atoms with Crippen molar-refractivity contribution in [2.45, 2.75) is 4.90 Å². The molecule has 9 heteroatoms. The third kappa shape index (κ3) is 3.95. The summed E-state index contributed by atoms with van der Waals surface area (Å²) in [6.07, 6.45) is 2.99.